The lowest BCUT2D eigenvalue weighted by Gasteiger charge is -2.39. The van der Waals surface area contributed by atoms with E-state index in [1.165, 1.54) is 38.5 Å². The summed E-state index contributed by atoms with van der Waals surface area (Å²) in [7, 11) is 0. The highest BCUT2D eigenvalue weighted by Gasteiger charge is 2.32. The molecule has 0 bridgehead atoms. The highest BCUT2D eigenvalue weighted by molar-refractivity contribution is 4.83. The van der Waals surface area contributed by atoms with Crippen LogP contribution in [0.25, 0.3) is 0 Å². The van der Waals surface area contributed by atoms with Gasteiger partial charge in [-0.05, 0) is 48.9 Å². The fraction of sp³-hybridized carbons (Fsp3) is 1.00. The molecule has 0 aliphatic rings. The van der Waals surface area contributed by atoms with Gasteiger partial charge >= 0.3 is 0 Å². The van der Waals surface area contributed by atoms with E-state index >= 15 is 0 Å². The lowest BCUT2D eigenvalue weighted by molar-refractivity contribution is 0.123. The van der Waals surface area contributed by atoms with Gasteiger partial charge in [-0.3, -0.25) is 0 Å². The van der Waals surface area contributed by atoms with E-state index in [4.69, 9.17) is 0 Å². The minimum Gasteiger partial charge on any atom is -0.0654 e. The summed E-state index contributed by atoms with van der Waals surface area (Å²) in [5.74, 6) is 2.56. The van der Waals surface area contributed by atoms with E-state index in [9.17, 15) is 0 Å². The van der Waals surface area contributed by atoms with Crippen LogP contribution in [0.3, 0.4) is 0 Å². The Hall–Kier alpha value is 0. The average molecular weight is 240 g/mol. The van der Waals surface area contributed by atoms with E-state index in [1.54, 1.807) is 0 Å². The lowest BCUT2D eigenvalue weighted by atomic mass is 9.66. The van der Waals surface area contributed by atoms with Crippen molar-refractivity contribution in [2.75, 3.05) is 0 Å². The van der Waals surface area contributed by atoms with Crippen LogP contribution in [0.5, 0.6) is 0 Å². The zero-order valence-electron chi connectivity index (χ0n) is 13.5. The normalized spacial score (nSPS) is 14.6. The van der Waals surface area contributed by atoms with Crippen molar-refractivity contribution in [1.29, 1.82) is 0 Å². The minimum absolute atomic E-state index is 0.618. The van der Waals surface area contributed by atoms with Crippen molar-refractivity contribution in [2.24, 2.45) is 23.2 Å². The molecule has 0 saturated carbocycles. The molecule has 0 saturated heterocycles. The number of rotatable bonds is 9. The van der Waals surface area contributed by atoms with E-state index < -0.39 is 0 Å². The Morgan fingerprint density at radius 3 is 1.53 bits per heavy atom. The first-order valence-corrected chi connectivity index (χ1v) is 7.85. The standard InChI is InChI=1S/C17H36/c1-8-10-17(11-14(3)4,12-15(5)6)13-16(7)9-2/h14-16H,8-13H2,1-7H3. The Kier molecular flexibility index (Phi) is 8.16. The van der Waals surface area contributed by atoms with Gasteiger partial charge in [-0.15, -0.1) is 0 Å². The molecular weight excluding hydrogens is 204 g/mol. The predicted molar refractivity (Wildman–Crippen MR) is 80.3 cm³/mol. The van der Waals surface area contributed by atoms with Crippen LogP contribution >= 0.6 is 0 Å². The van der Waals surface area contributed by atoms with Crippen molar-refractivity contribution >= 4 is 0 Å². The summed E-state index contributed by atoms with van der Waals surface area (Å²) in [4.78, 5) is 0. The zero-order valence-corrected chi connectivity index (χ0v) is 13.5. The van der Waals surface area contributed by atoms with E-state index in [2.05, 4.69) is 48.5 Å². The van der Waals surface area contributed by atoms with Gasteiger partial charge in [-0.1, -0.05) is 61.3 Å². The molecular formula is C17H36. The van der Waals surface area contributed by atoms with Crippen LogP contribution in [0.1, 0.15) is 87.0 Å². The van der Waals surface area contributed by atoms with Gasteiger partial charge in [-0.25, -0.2) is 0 Å². The second-order valence-electron chi connectivity index (χ2n) is 7.16. The summed E-state index contributed by atoms with van der Waals surface area (Å²) in [6, 6.07) is 0. The first-order valence-electron chi connectivity index (χ1n) is 7.85. The average Bonchev–Trinajstić information content (AvgIpc) is 2.15. The van der Waals surface area contributed by atoms with Gasteiger partial charge in [-0.2, -0.15) is 0 Å². The maximum Gasteiger partial charge on any atom is -0.0290 e. The van der Waals surface area contributed by atoms with Gasteiger partial charge in [0, 0.05) is 0 Å². The summed E-state index contributed by atoms with van der Waals surface area (Å²) < 4.78 is 0. The number of hydrogen-bond acceptors (Lipinski definition) is 0. The molecule has 17 heavy (non-hydrogen) atoms. The summed E-state index contributed by atoms with van der Waals surface area (Å²) in [5, 5.41) is 0. The van der Waals surface area contributed by atoms with Gasteiger partial charge in [0.2, 0.25) is 0 Å². The quantitative estimate of drug-likeness (QED) is 0.443. The molecule has 0 aromatic rings. The van der Waals surface area contributed by atoms with Crippen LogP contribution in [-0.2, 0) is 0 Å². The smallest absolute Gasteiger partial charge is 0.0290 e. The topological polar surface area (TPSA) is 0 Å². The van der Waals surface area contributed by atoms with Crippen molar-refractivity contribution in [3.05, 3.63) is 0 Å². The molecule has 0 N–H and O–H groups in total. The maximum absolute atomic E-state index is 2.44. The third-order valence-electron chi connectivity index (χ3n) is 3.94. The Morgan fingerprint density at radius 1 is 0.765 bits per heavy atom. The fourth-order valence-corrected chi connectivity index (χ4v) is 3.70. The SMILES string of the molecule is CCCC(CC(C)C)(CC(C)C)CC(C)CC. The van der Waals surface area contributed by atoms with Crippen molar-refractivity contribution in [3.63, 3.8) is 0 Å². The highest BCUT2D eigenvalue weighted by atomic mass is 14.4. The van der Waals surface area contributed by atoms with Gasteiger partial charge in [0.05, 0.1) is 0 Å². The highest BCUT2D eigenvalue weighted by Crippen LogP contribution is 2.43. The predicted octanol–water partition coefficient (Wildman–Crippen LogP) is 6.30. The molecule has 0 aromatic carbocycles. The van der Waals surface area contributed by atoms with Gasteiger partial charge < -0.3 is 0 Å². The molecule has 0 rings (SSSR count). The molecule has 1 atom stereocenters. The van der Waals surface area contributed by atoms with Crippen LogP contribution in [0.15, 0.2) is 0 Å². The van der Waals surface area contributed by atoms with Crippen molar-refractivity contribution in [1.82, 2.24) is 0 Å². The molecule has 0 heterocycles. The second kappa shape index (κ2) is 8.16. The third-order valence-corrected chi connectivity index (χ3v) is 3.94. The van der Waals surface area contributed by atoms with E-state index in [0.29, 0.717) is 5.41 Å². The Balaban J connectivity index is 4.79. The summed E-state index contributed by atoms with van der Waals surface area (Å²) in [5.41, 5.74) is 0.618. The minimum atomic E-state index is 0.618. The summed E-state index contributed by atoms with van der Waals surface area (Å²) >= 11 is 0. The molecule has 0 fully saturated rings. The molecule has 104 valence electrons. The Morgan fingerprint density at radius 2 is 1.24 bits per heavy atom. The zero-order chi connectivity index (χ0) is 13.5. The molecule has 0 aliphatic carbocycles. The van der Waals surface area contributed by atoms with Crippen LogP contribution in [0, 0.1) is 23.2 Å². The van der Waals surface area contributed by atoms with Crippen LogP contribution in [0.2, 0.25) is 0 Å². The molecule has 0 aliphatic heterocycles. The largest absolute Gasteiger partial charge is 0.0654 e. The maximum atomic E-state index is 2.44. The second-order valence-corrected chi connectivity index (χ2v) is 7.16. The molecule has 1 unspecified atom stereocenters. The fourth-order valence-electron chi connectivity index (χ4n) is 3.70. The van der Waals surface area contributed by atoms with Crippen LogP contribution in [-0.4, -0.2) is 0 Å². The molecule has 0 radical (unpaired) electrons. The van der Waals surface area contributed by atoms with Crippen molar-refractivity contribution in [2.45, 2.75) is 87.0 Å². The van der Waals surface area contributed by atoms with Gasteiger partial charge in [0.15, 0.2) is 0 Å². The monoisotopic (exact) mass is 240 g/mol. The summed E-state index contributed by atoms with van der Waals surface area (Å²) in [6.45, 7) is 16.7. The lowest BCUT2D eigenvalue weighted by Crippen LogP contribution is -2.27. The van der Waals surface area contributed by atoms with E-state index in [0.717, 1.165) is 17.8 Å². The molecule has 0 spiro atoms. The molecule has 0 heteroatoms. The number of hydrogen-bond donors (Lipinski definition) is 0. The third kappa shape index (κ3) is 7.11. The van der Waals surface area contributed by atoms with Gasteiger partial charge in [0.1, 0.15) is 0 Å². The Labute approximate surface area is 111 Å². The van der Waals surface area contributed by atoms with Crippen LogP contribution in [0.4, 0.5) is 0 Å². The molecule has 0 nitrogen and oxygen atoms in total. The van der Waals surface area contributed by atoms with E-state index in [-0.39, 0.29) is 0 Å². The Bertz CT molecular complexity index is 168. The van der Waals surface area contributed by atoms with Crippen LogP contribution < -0.4 is 0 Å². The molecule has 0 aromatic heterocycles. The molecule has 0 amide bonds. The van der Waals surface area contributed by atoms with E-state index in [1.807, 2.05) is 0 Å². The van der Waals surface area contributed by atoms with Crippen molar-refractivity contribution < 1.29 is 0 Å². The van der Waals surface area contributed by atoms with Gasteiger partial charge in [0.25, 0.3) is 0 Å². The first kappa shape index (κ1) is 17.0. The van der Waals surface area contributed by atoms with Crippen molar-refractivity contribution in [3.8, 4) is 0 Å². The summed E-state index contributed by atoms with van der Waals surface area (Å²) in [6.07, 6.45) is 8.38. The first-order chi connectivity index (χ1) is 7.85.